The predicted octanol–water partition coefficient (Wildman–Crippen LogP) is 2.22. The Labute approximate surface area is 113 Å². The number of carbonyl (C=O) groups excluding carboxylic acids is 2. The van der Waals surface area contributed by atoms with Gasteiger partial charge >= 0.3 is 5.97 Å². The van der Waals surface area contributed by atoms with Crippen molar-refractivity contribution in [2.24, 2.45) is 5.41 Å². The van der Waals surface area contributed by atoms with Gasteiger partial charge in [-0.15, -0.1) is 0 Å². The van der Waals surface area contributed by atoms with Crippen LogP contribution >= 0.6 is 0 Å². The van der Waals surface area contributed by atoms with Gasteiger partial charge in [0.25, 0.3) is 0 Å². The minimum atomic E-state index is -0.942. The van der Waals surface area contributed by atoms with Gasteiger partial charge in [-0.25, -0.2) is 0 Å². The summed E-state index contributed by atoms with van der Waals surface area (Å²) in [6, 6.07) is 5.83. The van der Waals surface area contributed by atoms with Crippen LogP contribution in [0.25, 0.3) is 0 Å². The van der Waals surface area contributed by atoms with Crippen molar-refractivity contribution in [3.8, 4) is 0 Å². The van der Waals surface area contributed by atoms with E-state index in [0.717, 1.165) is 11.3 Å². The van der Waals surface area contributed by atoms with Crippen LogP contribution in [0, 0.1) is 19.3 Å². The van der Waals surface area contributed by atoms with Crippen LogP contribution in [0.2, 0.25) is 0 Å². The van der Waals surface area contributed by atoms with Crippen molar-refractivity contribution in [3.63, 3.8) is 0 Å². The second-order valence-electron chi connectivity index (χ2n) is 5.21. The van der Waals surface area contributed by atoms with E-state index in [9.17, 15) is 9.59 Å². The number of amides is 1. The SMILES string of the molecule is COC(=O)C1(C(=O)N(C)c2ccc(C)c(C)c2)CC1. The first-order valence-corrected chi connectivity index (χ1v) is 6.36. The fraction of sp³-hybridized carbons (Fsp3) is 0.467. The van der Waals surface area contributed by atoms with Crippen LogP contribution in [0.3, 0.4) is 0 Å². The van der Waals surface area contributed by atoms with Crippen LogP contribution in [-0.2, 0) is 14.3 Å². The largest absolute Gasteiger partial charge is 0.468 e. The Morgan fingerprint density at radius 2 is 1.84 bits per heavy atom. The Bertz CT molecular complexity index is 532. The van der Waals surface area contributed by atoms with E-state index in [-0.39, 0.29) is 5.91 Å². The molecule has 1 fully saturated rings. The van der Waals surface area contributed by atoms with Crippen LogP contribution in [0.15, 0.2) is 18.2 Å². The fourth-order valence-electron chi connectivity index (χ4n) is 2.20. The highest BCUT2D eigenvalue weighted by Gasteiger charge is 2.59. The molecule has 2 rings (SSSR count). The van der Waals surface area contributed by atoms with Crippen molar-refractivity contribution in [2.75, 3.05) is 19.1 Å². The van der Waals surface area contributed by atoms with Gasteiger partial charge in [-0.05, 0) is 49.9 Å². The molecule has 1 aliphatic carbocycles. The Kier molecular flexibility index (Phi) is 3.35. The van der Waals surface area contributed by atoms with Gasteiger partial charge in [0.2, 0.25) is 5.91 Å². The molecule has 4 heteroatoms. The molecular formula is C15H19NO3. The van der Waals surface area contributed by atoms with Crippen molar-refractivity contribution in [3.05, 3.63) is 29.3 Å². The topological polar surface area (TPSA) is 46.6 Å². The maximum Gasteiger partial charge on any atom is 0.321 e. The number of carbonyl (C=O) groups is 2. The lowest BCUT2D eigenvalue weighted by Gasteiger charge is -2.22. The summed E-state index contributed by atoms with van der Waals surface area (Å²) in [5.74, 6) is -0.601. The summed E-state index contributed by atoms with van der Waals surface area (Å²) in [5.41, 5.74) is 2.17. The zero-order valence-corrected chi connectivity index (χ0v) is 11.8. The first-order valence-electron chi connectivity index (χ1n) is 6.36. The van der Waals surface area contributed by atoms with E-state index in [4.69, 9.17) is 4.74 Å². The van der Waals surface area contributed by atoms with Gasteiger partial charge < -0.3 is 9.64 Å². The van der Waals surface area contributed by atoms with Crippen molar-refractivity contribution < 1.29 is 14.3 Å². The number of esters is 1. The summed E-state index contributed by atoms with van der Waals surface area (Å²) in [6.07, 6.45) is 1.15. The zero-order valence-electron chi connectivity index (χ0n) is 11.8. The van der Waals surface area contributed by atoms with E-state index in [1.54, 1.807) is 11.9 Å². The number of rotatable bonds is 3. The lowest BCUT2D eigenvalue weighted by atomic mass is 10.0. The fourth-order valence-corrected chi connectivity index (χ4v) is 2.20. The first-order chi connectivity index (χ1) is 8.92. The lowest BCUT2D eigenvalue weighted by molar-refractivity contribution is -0.151. The Morgan fingerprint density at radius 1 is 1.21 bits per heavy atom. The summed E-state index contributed by atoms with van der Waals surface area (Å²) in [6.45, 7) is 4.03. The van der Waals surface area contributed by atoms with Gasteiger partial charge in [0.05, 0.1) is 7.11 Å². The first kappa shape index (κ1) is 13.6. The Balaban J connectivity index is 2.24. The molecule has 0 atom stereocenters. The highest BCUT2D eigenvalue weighted by atomic mass is 16.5. The molecule has 19 heavy (non-hydrogen) atoms. The van der Waals surface area contributed by atoms with Crippen LogP contribution in [0.4, 0.5) is 5.69 Å². The zero-order chi connectivity index (χ0) is 14.2. The molecular weight excluding hydrogens is 242 g/mol. The van der Waals surface area contributed by atoms with E-state index in [1.807, 2.05) is 32.0 Å². The summed E-state index contributed by atoms with van der Waals surface area (Å²) in [4.78, 5) is 25.7. The summed E-state index contributed by atoms with van der Waals surface area (Å²) in [7, 11) is 3.03. The van der Waals surface area contributed by atoms with Gasteiger partial charge in [0.15, 0.2) is 0 Å². The summed E-state index contributed by atoms with van der Waals surface area (Å²) in [5, 5.41) is 0. The number of ether oxygens (including phenoxy) is 1. The third kappa shape index (κ3) is 2.23. The number of hydrogen-bond acceptors (Lipinski definition) is 3. The minimum Gasteiger partial charge on any atom is -0.468 e. The van der Waals surface area contributed by atoms with Crippen LogP contribution in [-0.4, -0.2) is 26.0 Å². The molecule has 0 unspecified atom stereocenters. The average molecular weight is 261 g/mol. The van der Waals surface area contributed by atoms with Crippen LogP contribution in [0.1, 0.15) is 24.0 Å². The molecule has 0 radical (unpaired) electrons. The molecule has 0 aliphatic heterocycles. The number of hydrogen-bond donors (Lipinski definition) is 0. The Hall–Kier alpha value is -1.84. The predicted molar refractivity (Wildman–Crippen MR) is 73.0 cm³/mol. The molecule has 102 valence electrons. The third-order valence-electron chi connectivity index (χ3n) is 3.92. The molecule has 1 saturated carbocycles. The van der Waals surface area contributed by atoms with E-state index >= 15 is 0 Å². The number of methoxy groups -OCH3 is 1. The second kappa shape index (κ2) is 4.68. The maximum atomic E-state index is 12.4. The molecule has 0 N–H and O–H groups in total. The molecule has 1 aromatic rings. The highest BCUT2D eigenvalue weighted by molar-refractivity contribution is 6.12. The van der Waals surface area contributed by atoms with Crippen molar-refractivity contribution in [1.29, 1.82) is 0 Å². The molecule has 0 aromatic heterocycles. The molecule has 0 heterocycles. The molecule has 0 bridgehead atoms. The van der Waals surface area contributed by atoms with Crippen molar-refractivity contribution in [1.82, 2.24) is 0 Å². The summed E-state index contributed by atoms with van der Waals surface area (Å²) < 4.78 is 4.74. The monoisotopic (exact) mass is 261 g/mol. The minimum absolute atomic E-state index is 0.178. The van der Waals surface area contributed by atoms with E-state index in [2.05, 4.69) is 0 Å². The van der Waals surface area contributed by atoms with Crippen LogP contribution < -0.4 is 4.90 Å². The molecule has 1 amide bonds. The summed E-state index contributed by atoms with van der Waals surface area (Å²) >= 11 is 0. The van der Waals surface area contributed by atoms with Crippen molar-refractivity contribution >= 4 is 17.6 Å². The van der Waals surface area contributed by atoms with Gasteiger partial charge in [-0.1, -0.05) is 6.07 Å². The molecule has 0 saturated heterocycles. The number of anilines is 1. The average Bonchev–Trinajstić information content (AvgIpc) is 3.21. The number of benzene rings is 1. The van der Waals surface area contributed by atoms with Crippen LogP contribution in [0.5, 0.6) is 0 Å². The number of nitrogens with zero attached hydrogens (tertiary/aromatic N) is 1. The normalized spacial score (nSPS) is 15.8. The molecule has 1 aliphatic rings. The van der Waals surface area contributed by atoms with Gasteiger partial charge in [0, 0.05) is 12.7 Å². The highest BCUT2D eigenvalue weighted by Crippen LogP contribution is 2.48. The quantitative estimate of drug-likeness (QED) is 0.619. The molecule has 4 nitrogen and oxygen atoms in total. The third-order valence-corrected chi connectivity index (χ3v) is 3.92. The van der Waals surface area contributed by atoms with E-state index in [0.29, 0.717) is 12.8 Å². The van der Waals surface area contributed by atoms with Gasteiger partial charge in [-0.2, -0.15) is 0 Å². The van der Waals surface area contributed by atoms with Gasteiger partial charge in [-0.3, -0.25) is 9.59 Å². The van der Waals surface area contributed by atoms with E-state index in [1.165, 1.54) is 12.7 Å². The molecule has 0 spiro atoms. The van der Waals surface area contributed by atoms with Crippen molar-refractivity contribution in [2.45, 2.75) is 26.7 Å². The second-order valence-corrected chi connectivity index (χ2v) is 5.21. The van der Waals surface area contributed by atoms with E-state index < -0.39 is 11.4 Å². The lowest BCUT2D eigenvalue weighted by Crippen LogP contribution is -2.39. The Morgan fingerprint density at radius 3 is 2.32 bits per heavy atom. The molecule has 1 aromatic carbocycles. The van der Waals surface area contributed by atoms with Gasteiger partial charge in [0.1, 0.15) is 5.41 Å². The number of aryl methyl sites for hydroxylation is 2. The smallest absolute Gasteiger partial charge is 0.321 e. The standard InChI is InChI=1S/C15H19NO3/c1-10-5-6-12(9-11(10)2)16(3)13(17)15(7-8-15)14(18)19-4/h5-6,9H,7-8H2,1-4H3. The maximum absolute atomic E-state index is 12.4.